The molecule has 0 aliphatic carbocycles. The first-order valence-electron chi connectivity index (χ1n) is 6.33. The first-order chi connectivity index (χ1) is 8.91. The first-order valence-corrected chi connectivity index (χ1v) is 6.33. The molecule has 1 rings (SSSR count). The van der Waals surface area contributed by atoms with E-state index in [-0.39, 0.29) is 6.04 Å². The van der Waals surface area contributed by atoms with Gasteiger partial charge in [0, 0.05) is 6.04 Å². The molecule has 0 bridgehead atoms. The summed E-state index contributed by atoms with van der Waals surface area (Å²) < 4.78 is 0. The molecule has 1 aromatic carbocycles. The molecule has 0 fully saturated rings. The second-order valence-electron chi connectivity index (χ2n) is 4.87. The van der Waals surface area contributed by atoms with E-state index in [2.05, 4.69) is 24.5 Å². The van der Waals surface area contributed by atoms with E-state index in [0.717, 1.165) is 5.56 Å². The summed E-state index contributed by atoms with van der Waals surface area (Å²) >= 11 is 0. The zero-order valence-corrected chi connectivity index (χ0v) is 11.5. The number of imide groups is 1. The minimum atomic E-state index is -0.834. The molecular weight excluding hydrogens is 242 g/mol. The van der Waals surface area contributed by atoms with Crippen LogP contribution >= 0.6 is 0 Å². The molecule has 0 aliphatic rings. The van der Waals surface area contributed by atoms with Crippen LogP contribution in [0, 0.1) is 5.92 Å². The normalized spacial score (nSPS) is 13.9. The SMILES string of the molecule is CC(NC(c1ccccc1)C(C)C)C(=O)NC(N)=O. The van der Waals surface area contributed by atoms with E-state index in [1.807, 2.05) is 30.3 Å². The van der Waals surface area contributed by atoms with E-state index in [1.54, 1.807) is 6.92 Å². The van der Waals surface area contributed by atoms with Crippen molar-refractivity contribution in [1.82, 2.24) is 10.6 Å². The van der Waals surface area contributed by atoms with E-state index < -0.39 is 18.0 Å². The van der Waals surface area contributed by atoms with Crippen LogP contribution in [0.25, 0.3) is 0 Å². The number of primary amides is 1. The quantitative estimate of drug-likeness (QED) is 0.753. The molecule has 2 unspecified atom stereocenters. The van der Waals surface area contributed by atoms with Crippen molar-refractivity contribution in [3.8, 4) is 0 Å². The number of rotatable bonds is 5. The van der Waals surface area contributed by atoms with Crippen LogP contribution in [-0.4, -0.2) is 18.0 Å². The molecule has 2 atom stereocenters. The number of urea groups is 1. The first kappa shape index (κ1) is 15.2. The Balaban J connectivity index is 2.75. The van der Waals surface area contributed by atoms with Crippen LogP contribution in [0.5, 0.6) is 0 Å². The van der Waals surface area contributed by atoms with Gasteiger partial charge in [-0.3, -0.25) is 15.4 Å². The van der Waals surface area contributed by atoms with Crippen molar-refractivity contribution < 1.29 is 9.59 Å². The lowest BCUT2D eigenvalue weighted by atomic mass is 9.95. The minimum absolute atomic E-state index is 0.0369. The lowest BCUT2D eigenvalue weighted by Gasteiger charge is -2.26. The summed E-state index contributed by atoms with van der Waals surface area (Å²) in [5, 5.41) is 5.29. The number of carbonyl (C=O) groups is 2. The van der Waals surface area contributed by atoms with Crippen molar-refractivity contribution in [2.75, 3.05) is 0 Å². The monoisotopic (exact) mass is 263 g/mol. The number of benzene rings is 1. The summed E-state index contributed by atoms with van der Waals surface area (Å²) in [5.74, 6) is -0.111. The van der Waals surface area contributed by atoms with Crippen LogP contribution in [0.1, 0.15) is 32.4 Å². The largest absolute Gasteiger partial charge is 0.351 e. The van der Waals surface area contributed by atoms with Gasteiger partial charge in [0.15, 0.2) is 0 Å². The number of hydrogen-bond acceptors (Lipinski definition) is 3. The van der Waals surface area contributed by atoms with Gasteiger partial charge in [0.25, 0.3) is 0 Å². The van der Waals surface area contributed by atoms with Crippen LogP contribution in [0.15, 0.2) is 30.3 Å². The molecule has 5 nitrogen and oxygen atoms in total. The fourth-order valence-electron chi connectivity index (χ4n) is 1.91. The number of carbonyl (C=O) groups excluding carboxylic acids is 2. The summed E-state index contributed by atoms with van der Waals surface area (Å²) in [6, 6.07) is 8.59. The highest BCUT2D eigenvalue weighted by Gasteiger charge is 2.22. The lowest BCUT2D eigenvalue weighted by Crippen LogP contribution is -2.48. The van der Waals surface area contributed by atoms with Gasteiger partial charge < -0.3 is 5.73 Å². The lowest BCUT2D eigenvalue weighted by molar-refractivity contribution is -0.121. The molecular formula is C14H21N3O2. The molecule has 0 aromatic heterocycles. The van der Waals surface area contributed by atoms with E-state index in [0.29, 0.717) is 5.92 Å². The van der Waals surface area contributed by atoms with Crippen molar-refractivity contribution in [2.24, 2.45) is 11.7 Å². The van der Waals surface area contributed by atoms with Crippen molar-refractivity contribution in [3.63, 3.8) is 0 Å². The topological polar surface area (TPSA) is 84.2 Å². The number of nitrogens with one attached hydrogen (secondary N) is 2. The third-order valence-electron chi connectivity index (χ3n) is 2.89. The van der Waals surface area contributed by atoms with E-state index >= 15 is 0 Å². The van der Waals surface area contributed by atoms with Gasteiger partial charge >= 0.3 is 6.03 Å². The molecule has 1 aromatic rings. The third-order valence-corrected chi connectivity index (χ3v) is 2.89. The highest BCUT2D eigenvalue weighted by Crippen LogP contribution is 2.21. The maximum atomic E-state index is 11.7. The van der Waals surface area contributed by atoms with Crippen LogP contribution in [-0.2, 0) is 4.79 Å². The standard InChI is InChI=1S/C14H21N3O2/c1-9(2)12(11-7-5-4-6-8-11)16-10(3)13(18)17-14(15)19/h4-10,12,16H,1-3H3,(H3,15,17,18,19). The molecule has 0 heterocycles. The minimum Gasteiger partial charge on any atom is -0.351 e. The van der Waals surface area contributed by atoms with Gasteiger partial charge in [-0.1, -0.05) is 44.2 Å². The Morgan fingerprint density at radius 3 is 2.16 bits per heavy atom. The summed E-state index contributed by atoms with van der Waals surface area (Å²) in [7, 11) is 0. The van der Waals surface area contributed by atoms with Gasteiger partial charge in [-0.25, -0.2) is 4.79 Å². The Hall–Kier alpha value is -1.88. The highest BCUT2D eigenvalue weighted by atomic mass is 16.2. The maximum absolute atomic E-state index is 11.7. The molecule has 0 aliphatic heterocycles. The van der Waals surface area contributed by atoms with Crippen LogP contribution in [0.3, 0.4) is 0 Å². The van der Waals surface area contributed by atoms with Crippen LogP contribution < -0.4 is 16.4 Å². The highest BCUT2D eigenvalue weighted by molar-refractivity contribution is 5.96. The number of nitrogens with two attached hydrogens (primary N) is 1. The molecule has 4 N–H and O–H groups in total. The average molecular weight is 263 g/mol. The predicted octanol–water partition coefficient (Wildman–Crippen LogP) is 1.56. The zero-order chi connectivity index (χ0) is 14.4. The van der Waals surface area contributed by atoms with Gasteiger partial charge in [-0.2, -0.15) is 0 Å². The van der Waals surface area contributed by atoms with E-state index in [9.17, 15) is 9.59 Å². The molecule has 5 heteroatoms. The van der Waals surface area contributed by atoms with Gasteiger partial charge in [-0.15, -0.1) is 0 Å². The smallest absolute Gasteiger partial charge is 0.318 e. The molecule has 0 radical (unpaired) electrons. The summed E-state index contributed by atoms with van der Waals surface area (Å²) in [4.78, 5) is 22.3. The van der Waals surface area contributed by atoms with Gasteiger partial charge in [0.05, 0.1) is 6.04 Å². The Morgan fingerprint density at radius 1 is 1.11 bits per heavy atom. The number of amides is 3. The molecule has 0 saturated heterocycles. The second kappa shape index (κ2) is 6.89. The van der Waals surface area contributed by atoms with Crippen LogP contribution in [0.4, 0.5) is 4.79 Å². The molecule has 0 saturated carbocycles. The molecule has 104 valence electrons. The van der Waals surface area contributed by atoms with Crippen molar-refractivity contribution in [1.29, 1.82) is 0 Å². The zero-order valence-electron chi connectivity index (χ0n) is 11.5. The summed E-state index contributed by atoms with van der Waals surface area (Å²) in [6.07, 6.45) is 0. The van der Waals surface area contributed by atoms with Crippen molar-refractivity contribution in [2.45, 2.75) is 32.9 Å². The maximum Gasteiger partial charge on any atom is 0.318 e. The van der Waals surface area contributed by atoms with E-state index in [4.69, 9.17) is 5.73 Å². The van der Waals surface area contributed by atoms with Gasteiger partial charge in [-0.05, 0) is 18.4 Å². The average Bonchev–Trinajstić information content (AvgIpc) is 2.35. The van der Waals surface area contributed by atoms with Crippen molar-refractivity contribution in [3.05, 3.63) is 35.9 Å². The molecule has 19 heavy (non-hydrogen) atoms. The van der Waals surface area contributed by atoms with Gasteiger partial charge in [0.1, 0.15) is 0 Å². The fourth-order valence-corrected chi connectivity index (χ4v) is 1.91. The Bertz CT molecular complexity index is 432. The number of hydrogen-bond donors (Lipinski definition) is 3. The van der Waals surface area contributed by atoms with E-state index in [1.165, 1.54) is 0 Å². The predicted molar refractivity (Wildman–Crippen MR) is 74.3 cm³/mol. The Morgan fingerprint density at radius 2 is 1.68 bits per heavy atom. The Kier molecular flexibility index (Phi) is 5.51. The molecule has 3 amide bonds. The molecule has 0 spiro atoms. The Labute approximate surface area is 113 Å². The van der Waals surface area contributed by atoms with Gasteiger partial charge in [0.2, 0.25) is 5.91 Å². The third kappa shape index (κ3) is 4.71. The second-order valence-corrected chi connectivity index (χ2v) is 4.87. The van der Waals surface area contributed by atoms with Crippen LogP contribution in [0.2, 0.25) is 0 Å². The summed E-state index contributed by atoms with van der Waals surface area (Å²) in [5.41, 5.74) is 6.04. The van der Waals surface area contributed by atoms with Crippen molar-refractivity contribution >= 4 is 11.9 Å². The fraction of sp³-hybridized carbons (Fsp3) is 0.429. The summed E-state index contributed by atoms with van der Waals surface area (Å²) in [6.45, 7) is 5.85.